The van der Waals surface area contributed by atoms with Crippen LogP contribution in [0.1, 0.15) is 19.0 Å². The standard InChI is InChI=1S/C13H16BrN3OS2.2ClH/c1-8(15)2-3-16-12(18)5-10-7-20-13(17-10)11-4-9(14)6-19-11;;/h4,6-8H,2-3,5,15H2,1H3,(H,16,18);2*1H. The Morgan fingerprint density at radius 1 is 1.41 bits per heavy atom. The lowest BCUT2D eigenvalue weighted by atomic mass is 10.2. The van der Waals surface area contributed by atoms with Gasteiger partial charge in [0, 0.05) is 27.8 Å². The van der Waals surface area contributed by atoms with Crippen molar-refractivity contribution in [1.29, 1.82) is 0 Å². The summed E-state index contributed by atoms with van der Waals surface area (Å²) < 4.78 is 1.06. The van der Waals surface area contributed by atoms with Gasteiger partial charge in [0.25, 0.3) is 0 Å². The SMILES string of the molecule is CC(N)CCNC(=O)Cc1csc(-c2cc(Br)cs2)n1.Cl.Cl. The van der Waals surface area contributed by atoms with E-state index in [2.05, 4.69) is 26.2 Å². The first-order valence-electron chi connectivity index (χ1n) is 6.25. The van der Waals surface area contributed by atoms with E-state index in [-0.39, 0.29) is 36.8 Å². The molecule has 22 heavy (non-hydrogen) atoms. The molecule has 0 radical (unpaired) electrons. The number of hydrogen-bond donors (Lipinski definition) is 2. The van der Waals surface area contributed by atoms with E-state index in [9.17, 15) is 4.79 Å². The molecule has 1 amide bonds. The Balaban J connectivity index is 0.00000220. The van der Waals surface area contributed by atoms with Crippen LogP contribution in [0.5, 0.6) is 0 Å². The average molecular weight is 447 g/mol. The molecule has 1 unspecified atom stereocenters. The maximum absolute atomic E-state index is 11.8. The number of carbonyl (C=O) groups is 1. The highest BCUT2D eigenvalue weighted by Gasteiger charge is 2.10. The summed E-state index contributed by atoms with van der Waals surface area (Å²) in [6.07, 6.45) is 1.11. The zero-order chi connectivity index (χ0) is 14.5. The predicted octanol–water partition coefficient (Wildman–Crippen LogP) is 3.87. The van der Waals surface area contributed by atoms with Crippen LogP contribution in [0.4, 0.5) is 0 Å². The number of thiophene rings is 1. The van der Waals surface area contributed by atoms with E-state index < -0.39 is 0 Å². The van der Waals surface area contributed by atoms with E-state index in [0.29, 0.717) is 13.0 Å². The molecular weight excluding hydrogens is 429 g/mol. The van der Waals surface area contributed by atoms with Crippen LogP contribution >= 0.6 is 63.4 Å². The minimum Gasteiger partial charge on any atom is -0.356 e. The normalized spacial score (nSPS) is 11.2. The van der Waals surface area contributed by atoms with Gasteiger partial charge in [-0.2, -0.15) is 0 Å². The summed E-state index contributed by atoms with van der Waals surface area (Å²) in [5.74, 6) is -0.00476. The van der Waals surface area contributed by atoms with Crippen LogP contribution in [0, 0.1) is 0 Å². The molecule has 124 valence electrons. The van der Waals surface area contributed by atoms with Gasteiger partial charge < -0.3 is 11.1 Å². The van der Waals surface area contributed by atoms with Gasteiger partial charge in [-0.1, -0.05) is 0 Å². The molecular formula is C13H18BrCl2N3OS2. The fourth-order valence-corrected chi connectivity index (χ4v) is 3.92. The first-order valence-corrected chi connectivity index (χ1v) is 8.81. The van der Waals surface area contributed by atoms with Crippen molar-refractivity contribution in [3.63, 3.8) is 0 Å². The van der Waals surface area contributed by atoms with Gasteiger partial charge in [0.2, 0.25) is 5.91 Å². The first kappa shape index (κ1) is 21.8. The molecule has 0 spiro atoms. The third-order valence-corrected chi connectivity index (χ3v) is 5.34. The zero-order valence-electron chi connectivity index (χ0n) is 11.9. The number of nitrogens with two attached hydrogens (primary N) is 1. The number of amides is 1. The highest BCUT2D eigenvalue weighted by atomic mass is 79.9. The van der Waals surface area contributed by atoms with Gasteiger partial charge >= 0.3 is 0 Å². The monoisotopic (exact) mass is 445 g/mol. The topological polar surface area (TPSA) is 68.0 Å². The molecule has 9 heteroatoms. The summed E-state index contributed by atoms with van der Waals surface area (Å²) in [5.41, 5.74) is 6.45. The number of carbonyl (C=O) groups excluding carboxylic acids is 1. The molecule has 0 saturated carbocycles. The molecule has 0 aliphatic carbocycles. The Morgan fingerprint density at radius 3 is 2.73 bits per heavy atom. The summed E-state index contributed by atoms with van der Waals surface area (Å²) in [7, 11) is 0. The fourth-order valence-electron chi connectivity index (χ4n) is 1.59. The second-order valence-electron chi connectivity index (χ2n) is 4.57. The number of aromatic nitrogens is 1. The lowest BCUT2D eigenvalue weighted by Gasteiger charge is -2.06. The molecule has 0 aromatic carbocycles. The highest BCUT2D eigenvalue weighted by molar-refractivity contribution is 9.10. The van der Waals surface area contributed by atoms with E-state index in [1.165, 1.54) is 0 Å². The number of nitrogens with one attached hydrogen (secondary N) is 1. The second kappa shape index (κ2) is 10.6. The Labute approximate surface area is 158 Å². The number of nitrogens with zero attached hydrogens (tertiary/aromatic N) is 1. The van der Waals surface area contributed by atoms with Crippen molar-refractivity contribution in [3.05, 3.63) is 27.0 Å². The van der Waals surface area contributed by atoms with Crippen molar-refractivity contribution in [2.45, 2.75) is 25.8 Å². The van der Waals surface area contributed by atoms with Crippen molar-refractivity contribution < 1.29 is 4.79 Å². The lowest BCUT2D eigenvalue weighted by Crippen LogP contribution is -2.30. The minimum atomic E-state index is -0.00476. The molecule has 2 aromatic heterocycles. The molecule has 0 bridgehead atoms. The quantitative estimate of drug-likeness (QED) is 0.707. The molecule has 2 heterocycles. The Morgan fingerprint density at radius 2 is 2.14 bits per heavy atom. The van der Waals surface area contributed by atoms with Crippen molar-refractivity contribution in [2.24, 2.45) is 5.73 Å². The van der Waals surface area contributed by atoms with E-state index >= 15 is 0 Å². The van der Waals surface area contributed by atoms with Gasteiger partial charge in [0.1, 0.15) is 5.01 Å². The molecule has 2 aromatic rings. The largest absolute Gasteiger partial charge is 0.356 e. The van der Waals surface area contributed by atoms with Crippen LogP contribution in [0.3, 0.4) is 0 Å². The zero-order valence-corrected chi connectivity index (χ0v) is 16.7. The van der Waals surface area contributed by atoms with E-state index in [4.69, 9.17) is 5.73 Å². The molecule has 0 fully saturated rings. The fraction of sp³-hybridized carbons (Fsp3) is 0.385. The number of halogens is 3. The second-order valence-corrected chi connectivity index (χ2v) is 7.25. The number of hydrogen-bond acceptors (Lipinski definition) is 5. The maximum Gasteiger partial charge on any atom is 0.226 e. The summed E-state index contributed by atoms with van der Waals surface area (Å²) in [6, 6.07) is 2.15. The van der Waals surface area contributed by atoms with Gasteiger partial charge in [-0.3, -0.25) is 4.79 Å². The maximum atomic E-state index is 11.8. The lowest BCUT2D eigenvalue weighted by molar-refractivity contribution is -0.120. The Hall–Kier alpha value is -0.180. The van der Waals surface area contributed by atoms with Gasteiger partial charge in [0.15, 0.2) is 0 Å². The summed E-state index contributed by atoms with van der Waals surface area (Å²) in [6.45, 7) is 2.55. The molecule has 0 aliphatic heterocycles. The molecule has 1 atom stereocenters. The smallest absolute Gasteiger partial charge is 0.226 e. The summed E-state index contributed by atoms with van der Waals surface area (Å²) in [5, 5.41) is 7.78. The van der Waals surface area contributed by atoms with Crippen LogP contribution in [0.25, 0.3) is 9.88 Å². The average Bonchev–Trinajstić information content (AvgIpc) is 2.97. The molecule has 4 nitrogen and oxygen atoms in total. The van der Waals surface area contributed by atoms with E-state index in [1.54, 1.807) is 22.7 Å². The van der Waals surface area contributed by atoms with Crippen LogP contribution in [0.15, 0.2) is 21.3 Å². The van der Waals surface area contributed by atoms with Crippen molar-refractivity contribution in [3.8, 4) is 9.88 Å². The van der Waals surface area contributed by atoms with E-state index in [0.717, 1.165) is 26.5 Å². The molecule has 0 aliphatic rings. The van der Waals surface area contributed by atoms with Crippen LogP contribution in [-0.4, -0.2) is 23.5 Å². The summed E-state index contributed by atoms with van der Waals surface area (Å²) >= 11 is 6.63. The van der Waals surface area contributed by atoms with Gasteiger partial charge in [0.05, 0.1) is 17.0 Å². The van der Waals surface area contributed by atoms with E-state index in [1.807, 2.05) is 23.8 Å². The third kappa shape index (κ3) is 6.93. The number of rotatable bonds is 6. The van der Waals surface area contributed by atoms with Crippen molar-refractivity contribution >= 4 is 69.3 Å². The third-order valence-electron chi connectivity index (χ3n) is 2.59. The number of thiazole rings is 1. The molecule has 2 rings (SSSR count). The Kier molecular flexibility index (Phi) is 10.5. The van der Waals surface area contributed by atoms with Gasteiger partial charge in [-0.25, -0.2) is 4.98 Å². The Bertz CT molecular complexity index is 589. The molecule has 0 saturated heterocycles. The predicted molar refractivity (Wildman–Crippen MR) is 103 cm³/mol. The summed E-state index contributed by atoms with van der Waals surface area (Å²) in [4.78, 5) is 17.4. The minimum absolute atomic E-state index is 0. The molecule has 3 N–H and O–H groups in total. The first-order chi connectivity index (χ1) is 9.54. The van der Waals surface area contributed by atoms with Crippen molar-refractivity contribution in [1.82, 2.24) is 10.3 Å². The van der Waals surface area contributed by atoms with Crippen LogP contribution in [-0.2, 0) is 11.2 Å². The van der Waals surface area contributed by atoms with Crippen LogP contribution < -0.4 is 11.1 Å². The van der Waals surface area contributed by atoms with Crippen LogP contribution in [0.2, 0.25) is 0 Å². The van der Waals surface area contributed by atoms with Gasteiger partial charge in [-0.05, 0) is 35.3 Å². The highest BCUT2D eigenvalue weighted by Crippen LogP contribution is 2.31. The van der Waals surface area contributed by atoms with Gasteiger partial charge in [-0.15, -0.1) is 47.5 Å². The van der Waals surface area contributed by atoms with Crippen molar-refractivity contribution in [2.75, 3.05) is 6.54 Å².